The zero-order valence-electron chi connectivity index (χ0n) is 11.4. The third-order valence-corrected chi connectivity index (χ3v) is 3.47. The normalized spacial score (nSPS) is 12.4. The maximum atomic E-state index is 6.02. The first-order valence-corrected chi connectivity index (χ1v) is 6.68. The van der Waals surface area contributed by atoms with Crippen LogP contribution >= 0.6 is 11.6 Å². The van der Waals surface area contributed by atoms with Gasteiger partial charge in [-0.25, -0.2) is 0 Å². The molecule has 1 unspecified atom stereocenters. The molecule has 1 aromatic carbocycles. The van der Waals surface area contributed by atoms with E-state index in [1.165, 1.54) is 0 Å². The van der Waals surface area contributed by atoms with Gasteiger partial charge in [0.25, 0.3) is 0 Å². The van der Waals surface area contributed by atoms with Crippen molar-refractivity contribution in [2.45, 2.75) is 19.4 Å². The van der Waals surface area contributed by atoms with Crippen molar-refractivity contribution in [1.82, 2.24) is 5.32 Å². The van der Waals surface area contributed by atoms with Gasteiger partial charge in [-0.1, -0.05) is 18.5 Å². The predicted octanol–water partition coefficient (Wildman–Crippen LogP) is 4.28. The maximum absolute atomic E-state index is 6.02. The molecule has 0 aliphatic heterocycles. The first kappa shape index (κ1) is 14.0. The van der Waals surface area contributed by atoms with E-state index in [0.29, 0.717) is 10.8 Å². The summed E-state index contributed by atoms with van der Waals surface area (Å²) in [5.41, 5.74) is 0.957. The van der Waals surface area contributed by atoms with Gasteiger partial charge in [0.05, 0.1) is 18.2 Å². The highest BCUT2D eigenvalue weighted by molar-refractivity contribution is 6.32. The van der Waals surface area contributed by atoms with Crippen molar-refractivity contribution in [3.63, 3.8) is 0 Å². The quantitative estimate of drug-likeness (QED) is 0.887. The summed E-state index contributed by atoms with van der Waals surface area (Å²) in [6.45, 7) is 2.12. The van der Waals surface area contributed by atoms with Gasteiger partial charge >= 0.3 is 0 Å². The summed E-state index contributed by atoms with van der Waals surface area (Å²) in [5, 5.41) is 3.82. The van der Waals surface area contributed by atoms with Crippen LogP contribution in [0.3, 0.4) is 0 Å². The van der Waals surface area contributed by atoms with Crippen molar-refractivity contribution in [2.24, 2.45) is 0 Å². The first-order chi connectivity index (χ1) is 9.19. The van der Waals surface area contributed by atoms with Crippen molar-refractivity contribution < 1.29 is 9.15 Å². The number of methoxy groups -OCH3 is 1. The number of hydrogen-bond donors (Lipinski definition) is 1. The smallest absolute Gasteiger partial charge is 0.138 e. The summed E-state index contributed by atoms with van der Waals surface area (Å²) in [7, 11) is 3.54. The molecule has 2 aromatic rings. The van der Waals surface area contributed by atoms with E-state index in [0.717, 1.165) is 23.5 Å². The number of halogens is 1. The van der Waals surface area contributed by atoms with Crippen molar-refractivity contribution in [2.75, 3.05) is 14.2 Å². The molecule has 1 heterocycles. The van der Waals surface area contributed by atoms with Crippen LogP contribution in [-0.4, -0.2) is 14.2 Å². The van der Waals surface area contributed by atoms with Gasteiger partial charge in [-0.05, 0) is 43.8 Å². The van der Waals surface area contributed by atoms with E-state index in [2.05, 4.69) is 12.2 Å². The highest BCUT2D eigenvalue weighted by atomic mass is 35.5. The average molecular weight is 280 g/mol. The largest absolute Gasteiger partial charge is 0.495 e. The number of hydrogen-bond acceptors (Lipinski definition) is 3. The Labute approximate surface area is 118 Å². The molecule has 0 saturated heterocycles. The molecule has 4 heteroatoms. The molecular weight excluding hydrogens is 262 g/mol. The Hall–Kier alpha value is -1.45. The molecule has 0 bridgehead atoms. The van der Waals surface area contributed by atoms with E-state index in [1.807, 2.05) is 37.4 Å². The third kappa shape index (κ3) is 2.94. The minimum absolute atomic E-state index is 0.239. The summed E-state index contributed by atoms with van der Waals surface area (Å²) < 4.78 is 11.1. The number of rotatable bonds is 5. The topological polar surface area (TPSA) is 34.4 Å². The number of furan rings is 1. The molecule has 102 valence electrons. The highest BCUT2D eigenvalue weighted by Gasteiger charge is 2.13. The maximum Gasteiger partial charge on any atom is 0.138 e. The molecule has 0 spiro atoms. The second-order valence-corrected chi connectivity index (χ2v) is 4.71. The summed E-state index contributed by atoms with van der Waals surface area (Å²) in [5.74, 6) is 2.41. The summed E-state index contributed by atoms with van der Waals surface area (Å²) in [6.07, 6.45) is 0.980. The second kappa shape index (κ2) is 6.13. The van der Waals surface area contributed by atoms with Crippen LogP contribution in [0.2, 0.25) is 5.02 Å². The fourth-order valence-electron chi connectivity index (χ4n) is 2.06. The standard InChI is InChI=1S/C15H18ClNO2/c1-4-12(17-2)14-8-7-13(19-14)10-5-6-11(16)15(9-10)18-3/h5-9,12,17H,4H2,1-3H3. The predicted molar refractivity (Wildman–Crippen MR) is 77.8 cm³/mol. The number of benzene rings is 1. The van der Waals surface area contributed by atoms with E-state index in [1.54, 1.807) is 7.11 Å². The van der Waals surface area contributed by atoms with Gasteiger partial charge < -0.3 is 14.5 Å². The molecule has 0 aliphatic carbocycles. The lowest BCUT2D eigenvalue weighted by molar-refractivity contribution is 0.414. The van der Waals surface area contributed by atoms with Gasteiger partial charge in [-0.3, -0.25) is 0 Å². The van der Waals surface area contributed by atoms with Crippen molar-refractivity contribution in [3.05, 3.63) is 41.1 Å². The lowest BCUT2D eigenvalue weighted by Crippen LogP contribution is -2.14. The van der Waals surface area contributed by atoms with E-state index < -0.39 is 0 Å². The Balaban J connectivity index is 2.32. The van der Waals surface area contributed by atoms with Gasteiger partial charge in [-0.15, -0.1) is 0 Å². The molecule has 0 amide bonds. The molecule has 0 saturated carbocycles. The van der Waals surface area contributed by atoms with Crippen LogP contribution in [0.4, 0.5) is 0 Å². The third-order valence-electron chi connectivity index (χ3n) is 3.16. The van der Waals surface area contributed by atoms with Gasteiger partial charge in [0, 0.05) is 5.56 Å². The molecule has 3 nitrogen and oxygen atoms in total. The van der Waals surface area contributed by atoms with Crippen molar-refractivity contribution in [3.8, 4) is 17.1 Å². The van der Waals surface area contributed by atoms with E-state index in [4.69, 9.17) is 20.8 Å². The Kier molecular flexibility index (Phi) is 4.51. The molecule has 0 radical (unpaired) electrons. The molecule has 1 N–H and O–H groups in total. The molecule has 2 rings (SSSR count). The molecule has 0 fully saturated rings. The molecular formula is C15H18ClNO2. The highest BCUT2D eigenvalue weighted by Crippen LogP contribution is 2.32. The van der Waals surface area contributed by atoms with Gasteiger partial charge in [0.2, 0.25) is 0 Å². The minimum atomic E-state index is 0.239. The molecule has 1 aromatic heterocycles. The Morgan fingerprint density at radius 3 is 2.74 bits per heavy atom. The summed E-state index contributed by atoms with van der Waals surface area (Å²) in [6, 6.07) is 9.83. The van der Waals surface area contributed by atoms with Crippen molar-refractivity contribution >= 4 is 11.6 Å². The van der Waals surface area contributed by atoms with Crippen LogP contribution in [0.15, 0.2) is 34.7 Å². The lowest BCUT2D eigenvalue weighted by atomic mass is 10.1. The first-order valence-electron chi connectivity index (χ1n) is 6.30. The Morgan fingerprint density at radius 1 is 1.32 bits per heavy atom. The van der Waals surface area contributed by atoms with E-state index in [-0.39, 0.29) is 6.04 Å². The SMILES string of the molecule is CCC(NC)c1ccc(-c2ccc(Cl)c(OC)c2)o1. The summed E-state index contributed by atoms with van der Waals surface area (Å²) >= 11 is 6.02. The van der Waals surface area contributed by atoms with Crippen LogP contribution in [0.5, 0.6) is 5.75 Å². The van der Waals surface area contributed by atoms with E-state index >= 15 is 0 Å². The molecule has 0 aliphatic rings. The number of nitrogens with one attached hydrogen (secondary N) is 1. The zero-order valence-corrected chi connectivity index (χ0v) is 12.1. The second-order valence-electron chi connectivity index (χ2n) is 4.30. The van der Waals surface area contributed by atoms with E-state index in [9.17, 15) is 0 Å². The van der Waals surface area contributed by atoms with Crippen LogP contribution in [-0.2, 0) is 0 Å². The lowest BCUT2D eigenvalue weighted by Gasteiger charge is -2.10. The Morgan fingerprint density at radius 2 is 2.11 bits per heavy atom. The Bertz CT molecular complexity index is 547. The van der Waals surface area contributed by atoms with Gasteiger partial charge in [0.15, 0.2) is 0 Å². The monoisotopic (exact) mass is 279 g/mol. The molecule has 19 heavy (non-hydrogen) atoms. The molecule has 1 atom stereocenters. The van der Waals surface area contributed by atoms with Crippen LogP contribution in [0.25, 0.3) is 11.3 Å². The number of ether oxygens (including phenoxy) is 1. The zero-order chi connectivity index (χ0) is 13.8. The fraction of sp³-hybridized carbons (Fsp3) is 0.333. The average Bonchev–Trinajstić information content (AvgIpc) is 2.90. The van der Waals surface area contributed by atoms with Gasteiger partial charge in [-0.2, -0.15) is 0 Å². The van der Waals surface area contributed by atoms with Crippen LogP contribution < -0.4 is 10.1 Å². The fourth-order valence-corrected chi connectivity index (χ4v) is 2.25. The van der Waals surface area contributed by atoms with Gasteiger partial charge in [0.1, 0.15) is 17.3 Å². The van der Waals surface area contributed by atoms with Crippen LogP contribution in [0, 0.1) is 0 Å². The van der Waals surface area contributed by atoms with Crippen LogP contribution in [0.1, 0.15) is 25.1 Å². The summed E-state index contributed by atoms with van der Waals surface area (Å²) in [4.78, 5) is 0. The minimum Gasteiger partial charge on any atom is -0.495 e. The van der Waals surface area contributed by atoms with Crippen molar-refractivity contribution in [1.29, 1.82) is 0 Å².